The second kappa shape index (κ2) is 7.70. The van der Waals surface area contributed by atoms with Gasteiger partial charge in [0.2, 0.25) is 5.91 Å². The third-order valence-corrected chi connectivity index (χ3v) is 4.63. The van der Waals surface area contributed by atoms with E-state index in [1.807, 2.05) is 24.3 Å². The minimum atomic E-state index is -0.171. The summed E-state index contributed by atoms with van der Waals surface area (Å²) in [5.41, 5.74) is 2.23. The van der Waals surface area contributed by atoms with Gasteiger partial charge in [0.25, 0.3) is 5.91 Å². The molecule has 1 saturated carbocycles. The topological polar surface area (TPSA) is 67.4 Å². The lowest BCUT2D eigenvalue weighted by atomic mass is 10.1. The van der Waals surface area contributed by atoms with Crippen LogP contribution in [0.4, 0.5) is 5.69 Å². The fourth-order valence-corrected chi connectivity index (χ4v) is 2.98. The molecule has 0 bridgehead atoms. The van der Waals surface area contributed by atoms with E-state index in [0.717, 1.165) is 28.6 Å². The largest absolute Gasteiger partial charge is 0.496 e. The van der Waals surface area contributed by atoms with Gasteiger partial charge >= 0.3 is 0 Å². The molecule has 2 aromatic rings. The summed E-state index contributed by atoms with van der Waals surface area (Å²) in [6.07, 6.45) is 1.94. The summed E-state index contributed by atoms with van der Waals surface area (Å²) >= 11 is 3.38. The van der Waals surface area contributed by atoms with Gasteiger partial charge in [0.1, 0.15) is 5.75 Å². The van der Waals surface area contributed by atoms with Gasteiger partial charge in [-0.1, -0.05) is 12.1 Å². The quantitative estimate of drug-likeness (QED) is 0.773. The maximum atomic E-state index is 12.3. The van der Waals surface area contributed by atoms with Crippen LogP contribution >= 0.6 is 15.9 Å². The highest BCUT2D eigenvalue weighted by Gasteiger charge is 2.29. The van der Waals surface area contributed by atoms with Crippen molar-refractivity contribution in [3.63, 3.8) is 0 Å². The van der Waals surface area contributed by atoms with E-state index in [0.29, 0.717) is 17.9 Å². The molecule has 0 aromatic heterocycles. The van der Waals surface area contributed by atoms with Crippen LogP contribution in [0.5, 0.6) is 5.75 Å². The zero-order chi connectivity index (χ0) is 17.8. The van der Waals surface area contributed by atoms with Crippen molar-refractivity contribution < 1.29 is 14.3 Å². The molecule has 1 aliphatic rings. The van der Waals surface area contributed by atoms with Gasteiger partial charge < -0.3 is 15.4 Å². The Balaban J connectivity index is 1.60. The maximum Gasteiger partial charge on any atom is 0.251 e. The highest BCUT2D eigenvalue weighted by Crippen LogP contribution is 2.30. The number of amides is 2. The van der Waals surface area contributed by atoms with E-state index in [1.54, 1.807) is 25.3 Å². The number of hydrogen-bond donors (Lipinski definition) is 2. The Morgan fingerprint density at radius 2 is 2.00 bits per heavy atom. The SMILES string of the molecule is COc1ccc(C(=O)NCc2cccc(NC(=O)C3CC3)c2)cc1Br. The second-order valence-electron chi connectivity index (χ2n) is 6.00. The van der Waals surface area contributed by atoms with Crippen LogP contribution in [0.2, 0.25) is 0 Å². The van der Waals surface area contributed by atoms with Crippen LogP contribution in [0.25, 0.3) is 0 Å². The molecule has 2 amide bonds. The summed E-state index contributed by atoms with van der Waals surface area (Å²) in [5.74, 6) is 0.743. The lowest BCUT2D eigenvalue weighted by Gasteiger charge is -2.09. The van der Waals surface area contributed by atoms with Gasteiger partial charge in [0, 0.05) is 23.7 Å². The van der Waals surface area contributed by atoms with Crippen molar-refractivity contribution in [3.05, 3.63) is 58.1 Å². The van der Waals surface area contributed by atoms with Crippen molar-refractivity contribution >= 4 is 33.4 Å². The van der Waals surface area contributed by atoms with Crippen molar-refractivity contribution in [1.82, 2.24) is 5.32 Å². The first-order chi connectivity index (χ1) is 12.1. The predicted molar refractivity (Wildman–Crippen MR) is 99.7 cm³/mol. The molecule has 0 radical (unpaired) electrons. The molecule has 5 nitrogen and oxygen atoms in total. The maximum absolute atomic E-state index is 12.3. The van der Waals surface area contributed by atoms with E-state index in [2.05, 4.69) is 26.6 Å². The Hall–Kier alpha value is -2.34. The Labute approximate surface area is 154 Å². The number of anilines is 1. The molecular weight excluding hydrogens is 384 g/mol. The highest BCUT2D eigenvalue weighted by molar-refractivity contribution is 9.10. The fraction of sp³-hybridized carbons (Fsp3) is 0.263. The van der Waals surface area contributed by atoms with Gasteiger partial charge in [-0.3, -0.25) is 9.59 Å². The molecule has 3 rings (SSSR count). The molecule has 1 aliphatic carbocycles. The van der Waals surface area contributed by atoms with Crippen LogP contribution in [-0.4, -0.2) is 18.9 Å². The van der Waals surface area contributed by atoms with Crippen LogP contribution in [0.1, 0.15) is 28.8 Å². The van der Waals surface area contributed by atoms with E-state index in [4.69, 9.17) is 4.74 Å². The number of ether oxygens (including phenoxy) is 1. The molecule has 6 heteroatoms. The molecule has 0 aliphatic heterocycles. The molecule has 2 N–H and O–H groups in total. The van der Waals surface area contributed by atoms with Crippen molar-refractivity contribution in [3.8, 4) is 5.75 Å². The monoisotopic (exact) mass is 402 g/mol. The molecule has 0 atom stereocenters. The lowest BCUT2D eigenvalue weighted by Crippen LogP contribution is -2.23. The zero-order valence-electron chi connectivity index (χ0n) is 13.8. The summed E-state index contributed by atoms with van der Waals surface area (Å²) in [4.78, 5) is 24.1. The number of carbonyl (C=O) groups excluding carboxylic acids is 2. The number of rotatable bonds is 6. The molecule has 25 heavy (non-hydrogen) atoms. The Kier molecular flexibility index (Phi) is 5.38. The normalized spacial score (nSPS) is 13.2. The molecule has 1 fully saturated rings. The summed E-state index contributed by atoms with van der Waals surface area (Å²) in [6, 6.07) is 12.7. The van der Waals surface area contributed by atoms with E-state index in [-0.39, 0.29) is 17.7 Å². The number of hydrogen-bond acceptors (Lipinski definition) is 3. The van der Waals surface area contributed by atoms with E-state index in [1.165, 1.54) is 0 Å². The summed E-state index contributed by atoms with van der Waals surface area (Å²) in [7, 11) is 1.58. The number of nitrogens with one attached hydrogen (secondary N) is 2. The predicted octanol–water partition coefficient (Wildman–Crippen LogP) is 3.74. The first kappa shape index (κ1) is 17.5. The Morgan fingerprint density at radius 1 is 1.20 bits per heavy atom. The van der Waals surface area contributed by atoms with Crippen molar-refractivity contribution in [2.45, 2.75) is 19.4 Å². The van der Waals surface area contributed by atoms with Crippen molar-refractivity contribution in [1.29, 1.82) is 0 Å². The van der Waals surface area contributed by atoms with Gasteiger partial charge in [-0.15, -0.1) is 0 Å². The summed E-state index contributed by atoms with van der Waals surface area (Å²) in [5, 5.41) is 5.79. The number of carbonyl (C=O) groups is 2. The third-order valence-electron chi connectivity index (χ3n) is 4.01. The zero-order valence-corrected chi connectivity index (χ0v) is 15.4. The number of methoxy groups -OCH3 is 1. The van der Waals surface area contributed by atoms with Crippen LogP contribution in [0, 0.1) is 5.92 Å². The fourth-order valence-electron chi connectivity index (χ4n) is 2.44. The Morgan fingerprint density at radius 3 is 2.68 bits per heavy atom. The minimum Gasteiger partial charge on any atom is -0.496 e. The second-order valence-corrected chi connectivity index (χ2v) is 6.85. The standard InChI is InChI=1S/C19H19BrN2O3/c1-25-17-8-7-14(10-16(17)20)18(23)21-11-12-3-2-4-15(9-12)22-19(24)13-5-6-13/h2-4,7-10,13H,5-6,11H2,1H3,(H,21,23)(H,22,24). The molecule has 0 heterocycles. The van der Waals surface area contributed by atoms with Crippen LogP contribution < -0.4 is 15.4 Å². The Bertz CT molecular complexity index is 803. The van der Waals surface area contributed by atoms with E-state index < -0.39 is 0 Å². The first-order valence-electron chi connectivity index (χ1n) is 8.08. The summed E-state index contributed by atoms with van der Waals surface area (Å²) in [6.45, 7) is 0.385. The van der Waals surface area contributed by atoms with Gasteiger partial charge in [0.15, 0.2) is 0 Å². The van der Waals surface area contributed by atoms with E-state index >= 15 is 0 Å². The lowest BCUT2D eigenvalue weighted by molar-refractivity contribution is -0.117. The van der Waals surface area contributed by atoms with Gasteiger partial charge in [-0.05, 0) is 64.7 Å². The molecule has 2 aromatic carbocycles. The van der Waals surface area contributed by atoms with Crippen LogP contribution in [0.15, 0.2) is 46.9 Å². The molecule has 0 spiro atoms. The molecule has 130 valence electrons. The molecule has 0 unspecified atom stereocenters. The first-order valence-corrected chi connectivity index (χ1v) is 8.87. The van der Waals surface area contributed by atoms with Crippen molar-refractivity contribution in [2.24, 2.45) is 5.92 Å². The molecular formula is C19H19BrN2O3. The molecule has 0 saturated heterocycles. The van der Waals surface area contributed by atoms with Crippen LogP contribution in [0.3, 0.4) is 0 Å². The summed E-state index contributed by atoms with van der Waals surface area (Å²) < 4.78 is 5.89. The smallest absolute Gasteiger partial charge is 0.251 e. The van der Waals surface area contributed by atoms with Gasteiger partial charge in [0.05, 0.1) is 11.6 Å². The number of benzene rings is 2. The van der Waals surface area contributed by atoms with Crippen LogP contribution in [-0.2, 0) is 11.3 Å². The average Bonchev–Trinajstić information content (AvgIpc) is 3.45. The van der Waals surface area contributed by atoms with Gasteiger partial charge in [-0.25, -0.2) is 0 Å². The highest BCUT2D eigenvalue weighted by atomic mass is 79.9. The third kappa shape index (κ3) is 4.60. The van der Waals surface area contributed by atoms with E-state index in [9.17, 15) is 9.59 Å². The van der Waals surface area contributed by atoms with Crippen molar-refractivity contribution in [2.75, 3.05) is 12.4 Å². The average molecular weight is 403 g/mol. The van der Waals surface area contributed by atoms with Gasteiger partial charge in [-0.2, -0.15) is 0 Å². The minimum absolute atomic E-state index is 0.0734. The number of halogens is 1.